The molecule has 1 aromatic rings. The molecule has 1 fully saturated rings. The highest BCUT2D eigenvalue weighted by Crippen LogP contribution is 2.36. The molecule has 2 rings (SSSR count). The van der Waals surface area contributed by atoms with Crippen LogP contribution in [-0.4, -0.2) is 41.5 Å². The highest BCUT2D eigenvalue weighted by molar-refractivity contribution is 6.31. The molecule has 8 heteroatoms. The SMILES string of the molecule is CN(CC1CCC(F)(F)CC1)C(=O)Nc1ccc(Cl)cc1C(=O)O. The largest absolute Gasteiger partial charge is 0.478 e. The van der Waals surface area contributed by atoms with Crippen molar-refractivity contribution in [3.8, 4) is 0 Å². The van der Waals surface area contributed by atoms with Gasteiger partial charge < -0.3 is 15.3 Å². The van der Waals surface area contributed by atoms with Crippen LogP contribution < -0.4 is 5.32 Å². The molecule has 1 aliphatic rings. The summed E-state index contributed by atoms with van der Waals surface area (Å²) >= 11 is 5.76. The van der Waals surface area contributed by atoms with E-state index in [0.717, 1.165) is 0 Å². The van der Waals surface area contributed by atoms with Crippen LogP contribution in [-0.2, 0) is 0 Å². The van der Waals surface area contributed by atoms with E-state index in [2.05, 4.69) is 5.32 Å². The summed E-state index contributed by atoms with van der Waals surface area (Å²) in [6.45, 7) is 0.345. The summed E-state index contributed by atoms with van der Waals surface area (Å²) in [5, 5.41) is 11.9. The predicted molar refractivity (Wildman–Crippen MR) is 87.0 cm³/mol. The molecular weight excluding hydrogens is 342 g/mol. The van der Waals surface area contributed by atoms with E-state index in [0.29, 0.717) is 19.4 Å². The van der Waals surface area contributed by atoms with Crippen LogP contribution in [0.5, 0.6) is 0 Å². The highest BCUT2D eigenvalue weighted by atomic mass is 35.5. The lowest BCUT2D eigenvalue weighted by Gasteiger charge is -2.31. The molecule has 0 saturated heterocycles. The molecule has 0 radical (unpaired) electrons. The van der Waals surface area contributed by atoms with Crippen molar-refractivity contribution in [1.29, 1.82) is 0 Å². The van der Waals surface area contributed by atoms with E-state index in [4.69, 9.17) is 16.7 Å². The van der Waals surface area contributed by atoms with Gasteiger partial charge in [-0.25, -0.2) is 18.4 Å². The first-order valence-corrected chi connectivity index (χ1v) is 7.98. The highest BCUT2D eigenvalue weighted by Gasteiger charge is 2.35. The van der Waals surface area contributed by atoms with E-state index in [1.54, 1.807) is 7.05 Å². The first-order valence-electron chi connectivity index (χ1n) is 7.61. The Hall–Kier alpha value is -1.89. The minimum atomic E-state index is -2.60. The Bertz CT molecular complexity index is 630. The summed E-state index contributed by atoms with van der Waals surface area (Å²) in [7, 11) is 1.55. The van der Waals surface area contributed by atoms with Gasteiger partial charge >= 0.3 is 12.0 Å². The van der Waals surface area contributed by atoms with Gasteiger partial charge in [-0.2, -0.15) is 0 Å². The molecule has 0 aromatic heterocycles. The van der Waals surface area contributed by atoms with Crippen molar-refractivity contribution in [3.05, 3.63) is 28.8 Å². The van der Waals surface area contributed by atoms with Crippen LogP contribution in [0.4, 0.5) is 19.3 Å². The van der Waals surface area contributed by atoms with Gasteiger partial charge in [0, 0.05) is 31.5 Å². The first-order chi connectivity index (χ1) is 11.2. The lowest BCUT2D eigenvalue weighted by atomic mass is 9.86. The number of carboxylic acids is 1. The number of hydrogen-bond acceptors (Lipinski definition) is 2. The second-order valence-corrected chi connectivity index (χ2v) is 6.54. The molecule has 2 N–H and O–H groups in total. The molecule has 1 aliphatic carbocycles. The molecule has 2 amide bonds. The third-order valence-corrected chi connectivity index (χ3v) is 4.40. The minimum Gasteiger partial charge on any atom is -0.478 e. The summed E-state index contributed by atoms with van der Waals surface area (Å²) < 4.78 is 26.3. The lowest BCUT2D eigenvalue weighted by molar-refractivity contribution is -0.0472. The zero-order valence-electron chi connectivity index (χ0n) is 13.2. The van der Waals surface area contributed by atoms with Crippen molar-refractivity contribution in [2.45, 2.75) is 31.6 Å². The van der Waals surface area contributed by atoms with Gasteiger partial charge in [-0.1, -0.05) is 11.6 Å². The number of urea groups is 1. The van der Waals surface area contributed by atoms with Crippen molar-refractivity contribution in [1.82, 2.24) is 4.90 Å². The van der Waals surface area contributed by atoms with E-state index in [-0.39, 0.29) is 35.0 Å². The summed E-state index contributed by atoms with van der Waals surface area (Å²) in [5.41, 5.74) is 0.0282. The summed E-state index contributed by atoms with van der Waals surface area (Å²) in [4.78, 5) is 24.8. The molecule has 1 saturated carbocycles. The van der Waals surface area contributed by atoms with Gasteiger partial charge in [-0.15, -0.1) is 0 Å². The van der Waals surface area contributed by atoms with E-state index in [1.807, 2.05) is 0 Å². The molecule has 24 heavy (non-hydrogen) atoms. The number of anilines is 1. The number of aromatic carboxylic acids is 1. The van der Waals surface area contributed by atoms with E-state index >= 15 is 0 Å². The molecule has 0 unspecified atom stereocenters. The number of carbonyl (C=O) groups is 2. The normalized spacial score (nSPS) is 17.3. The zero-order chi connectivity index (χ0) is 17.9. The molecule has 132 valence electrons. The van der Waals surface area contributed by atoms with Crippen LogP contribution in [0.1, 0.15) is 36.0 Å². The maximum absolute atomic E-state index is 13.2. The average molecular weight is 361 g/mol. The Morgan fingerprint density at radius 1 is 1.38 bits per heavy atom. The van der Waals surface area contributed by atoms with Gasteiger partial charge in [0.05, 0.1) is 11.3 Å². The molecular formula is C16H19ClF2N2O3. The van der Waals surface area contributed by atoms with Crippen molar-refractivity contribution in [2.24, 2.45) is 5.92 Å². The number of amides is 2. The maximum atomic E-state index is 13.2. The lowest BCUT2D eigenvalue weighted by Crippen LogP contribution is -2.38. The molecule has 0 spiro atoms. The van der Waals surface area contributed by atoms with E-state index in [1.165, 1.54) is 23.1 Å². The van der Waals surface area contributed by atoms with Crippen LogP contribution in [0.3, 0.4) is 0 Å². The Kier molecular flexibility index (Phi) is 5.64. The third kappa shape index (κ3) is 4.80. The Morgan fingerprint density at radius 2 is 2.00 bits per heavy atom. The van der Waals surface area contributed by atoms with Gasteiger partial charge in [0.25, 0.3) is 0 Å². The van der Waals surface area contributed by atoms with Crippen molar-refractivity contribution in [2.75, 3.05) is 18.9 Å². The van der Waals surface area contributed by atoms with E-state index < -0.39 is 17.9 Å². The first kappa shape index (κ1) is 18.4. The number of benzene rings is 1. The van der Waals surface area contributed by atoms with Crippen LogP contribution in [0.15, 0.2) is 18.2 Å². The second-order valence-electron chi connectivity index (χ2n) is 6.11. The number of carbonyl (C=O) groups excluding carboxylic acids is 1. The third-order valence-electron chi connectivity index (χ3n) is 4.17. The fourth-order valence-electron chi connectivity index (χ4n) is 2.77. The monoisotopic (exact) mass is 360 g/mol. The fourth-order valence-corrected chi connectivity index (χ4v) is 2.94. The van der Waals surface area contributed by atoms with Crippen molar-refractivity contribution < 1.29 is 23.5 Å². The van der Waals surface area contributed by atoms with Crippen LogP contribution in [0, 0.1) is 5.92 Å². The smallest absolute Gasteiger partial charge is 0.337 e. The van der Waals surface area contributed by atoms with Gasteiger partial charge in [-0.3, -0.25) is 0 Å². The van der Waals surface area contributed by atoms with Gasteiger partial charge in [0.2, 0.25) is 5.92 Å². The number of nitrogens with zero attached hydrogens (tertiary/aromatic N) is 1. The molecule has 0 bridgehead atoms. The van der Waals surface area contributed by atoms with Gasteiger partial charge in [0.1, 0.15) is 0 Å². The standard InChI is InChI=1S/C16H19ClF2N2O3/c1-21(9-10-4-6-16(18,19)7-5-10)15(24)20-13-3-2-11(17)8-12(13)14(22)23/h2-3,8,10H,4-7,9H2,1H3,(H,20,24)(H,22,23). The van der Waals surface area contributed by atoms with Crippen LogP contribution >= 0.6 is 11.6 Å². The zero-order valence-corrected chi connectivity index (χ0v) is 13.9. The number of halogens is 3. The number of nitrogens with one attached hydrogen (secondary N) is 1. The van der Waals surface area contributed by atoms with Crippen molar-refractivity contribution in [3.63, 3.8) is 0 Å². The molecule has 1 aromatic carbocycles. The Morgan fingerprint density at radius 3 is 2.58 bits per heavy atom. The van der Waals surface area contributed by atoms with Crippen molar-refractivity contribution >= 4 is 29.3 Å². The van der Waals surface area contributed by atoms with Crippen LogP contribution in [0.2, 0.25) is 5.02 Å². The topological polar surface area (TPSA) is 69.6 Å². The molecule has 0 atom stereocenters. The molecule has 5 nitrogen and oxygen atoms in total. The fraction of sp³-hybridized carbons (Fsp3) is 0.500. The Balaban J connectivity index is 1.96. The predicted octanol–water partition coefficient (Wildman–Crippen LogP) is 4.33. The second kappa shape index (κ2) is 7.34. The maximum Gasteiger partial charge on any atom is 0.337 e. The van der Waals surface area contributed by atoms with Crippen LogP contribution in [0.25, 0.3) is 0 Å². The Labute approximate surface area is 143 Å². The quantitative estimate of drug-likeness (QED) is 0.839. The molecule has 0 aliphatic heterocycles. The number of hydrogen-bond donors (Lipinski definition) is 2. The number of carboxylic acid groups (broad SMARTS) is 1. The van der Waals surface area contributed by atoms with Gasteiger partial charge in [0.15, 0.2) is 0 Å². The summed E-state index contributed by atoms with van der Waals surface area (Å²) in [6.07, 6.45) is 0.416. The average Bonchev–Trinajstić information content (AvgIpc) is 2.50. The minimum absolute atomic E-state index is 0.0181. The van der Waals surface area contributed by atoms with E-state index in [9.17, 15) is 18.4 Å². The number of rotatable bonds is 4. The summed E-state index contributed by atoms with van der Waals surface area (Å²) in [6, 6.07) is 3.66. The summed E-state index contributed by atoms with van der Waals surface area (Å²) in [5.74, 6) is -3.79. The molecule has 0 heterocycles. The van der Waals surface area contributed by atoms with Gasteiger partial charge in [-0.05, 0) is 37.0 Å². The number of alkyl halides is 2.